The summed E-state index contributed by atoms with van der Waals surface area (Å²) in [6, 6.07) is -0.795. The summed E-state index contributed by atoms with van der Waals surface area (Å²) in [6.07, 6.45) is 13.7. The van der Waals surface area contributed by atoms with E-state index in [0.29, 0.717) is 39.1 Å². The van der Waals surface area contributed by atoms with E-state index in [4.69, 9.17) is 14.6 Å². The highest BCUT2D eigenvalue weighted by atomic mass is 16.6. The Hall–Kier alpha value is -2.19. The minimum absolute atomic E-state index is 0.0991. The van der Waals surface area contributed by atoms with E-state index >= 15 is 0 Å². The van der Waals surface area contributed by atoms with Crippen molar-refractivity contribution in [3.05, 3.63) is 24.3 Å². The van der Waals surface area contributed by atoms with Crippen molar-refractivity contribution in [2.75, 3.05) is 32.8 Å². The quantitative estimate of drug-likeness (QED) is 0.313. The maximum absolute atomic E-state index is 13.9. The summed E-state index contributed by atoms with van der Waals surface area (Å²) >= 11 is 0. The summed E-state index contributed by atoms with van der Waals surface area (Å²) in [4.78, 5) is 44.4. The number of aliphatic hydroxyl groups is 1. The predicted molar refractivity (Wildman–Crippen MR) is 126 cm³/mol. The van der Waals surface area contributed by atoms with Crippen molar-refractivity contribution in [3.63, 3.8) is 0 Å². The van der Waals surface area contributed by atoms with Crippen LogP contribution in [0.2, 0.25) is 0 Å². The van der Waals surface area contributed by atoms with Gasteiger partial charge in [-0.1, -0.05) is 44.1 Å². The van der Waals surface area contributed by atoms with Gasteiger partial charge in [0, 0.05) is 26.2 Å². The Morgan fingerprint density at radius 2 is 1.88 bits per heavy atom. The first-order valence-corrected chi connectivity index (χ1v) is 12.9. The number of unbranched alkanes of at least 4 members (excludes halogenated alkanes) is 4. The monoisotopic (exact) mass is 474 g/mol. The molecule has 8 nitrogen and oxygen atoms in total. The molecule has 2 fully saturated rings. The number of hydrogen-bond acceptors (Lipinski definition) is 6. The van der Waals surface area contributed by atoms with Gasteiger partial charge in [0.1, 0.15) is 17.6 Å². The van der Waals surface area contributed by atoms with Crippen LogP contribution in [0.5, 0.6) is 0 Å². The molecule has 0 aromatic rings. The smallest absolute Gasteiger partial charge is 0.312 e. The summed E-state index contributed by atoms with van der Waals surface area (Å²) in [5.74, 6) is -2.29. The van der Waals surface area contributed by atoms with Gasteiger partial charge in [0.15, 0.2) is 0 Å². The number of cyclic esters (lactones) is 1. The van der Waals surface area contributed by atoms with Gasteiger partial charge in [-0.3, -0.25) is 14.4 Å². The van der Waals surface area contributed by atoms with Crippen LogP contribution < -0.4 is 0 Å². The van der Waals surface area contributed by atoms with Crippen molar-refractivity contribution < 1.29 is 29.0 Å². The first-order valence-electron chi connectivity index (χ1n) is 12.9. The topological polar surface area (TPSA) is 96.4 Å². The molecule has 5 atom stereocenters. The van der Waals surface area contributed by atoms with Crippen molar-refractivity contribution in [2.45, 2.75) is 76.0 Å². The zero-order valence-electron chi connectivity index (χ0n) is 20.2. The Labute approximate surface area is 201 Å². The number of fused-ring (bicyclic) bond motifs is 2. The minimum atomic E-state index is -1.18. The number of esters is 1. The van der Waals surface area contributed by atoms with E-state index in [1.807, 2.05) is 29.2 Å². The van der Waals surface area contributed by atoms with E-state index in [1.165, 1.54) is 0 Å². The Morgan fingerprint density at radius 1 is 1.06 bits per heavy atom. The molecule has 0 bridgehead atoms. The van der Waals surface area contributed by atoms with Crippen molar-refractivity contribution in [3.8, 4) is 0 Å². The van der Waals surface area contributed by atoms with Crippen LogP contribution in [0.3, 0.4) is 0 Å². The molecular formula is C26H38N2O6. The van der Waals surface area contributed by atoms with Gasteiger partial charge in [0.25, 0.3) is 0 Å². The lowest BCUT2D eigenvalue weighted by Gasteiger charge is -2.35. The van der Waals surface area contributed by atoms with E-state index in [-0.39, 0.29) is 18.4 Å². The number of rotatable bonds is 9. The fourth-order valence-corrected chi connectivity index (χ4v) is 5.86. The average Bonchev–Trinajstić information content (AvgIpc) is 3.23. The molecule has 4 heterocycles. The van der Waals surface area contributed by atoms with Gasteiger partial charge >= 0.3 is 5.97 Å². The molecule has 1 N–H and O–H groups in total. The normalized spacial score (nSPS) is 34.0. The number of amides is 2. The number of aliphatic hydroxyl groups excluding tert-OH is 1. The third-order valence-electron chi connectivity index (χ3n) is 7.52. The minimum Gasteiger partial charge on any atom is -0.465 e. The molecule has 0 aromatic carbocycles. The average molecular weight is 475 g/mol. The molecular weight excluding hydrogens is 436 g/mol. The molecule has 8 heteroatoms. The van der Waals surface area contributed by atoms with Crippen molar-refractivity contribution >= 4 is 17.8 Å². The van der Waals surface area contributed by atoms with Crippen LogP contribution in [0.4, 0.5) is 0 Å². The van der Waals surface area contributed by atoms with Gasteiger partial charge < -0.3 is 24.4 Å². The number of carbonyl (C=O) groups excluding carboxylic acids is 3. The fourth-order valence-electron chi connectivity index (χ4n) is 5.86. The Balaban J connectivity index is 1.69. The van der Waals surface area contributed by atoms with Crippen LogP contribution in [-0.2, 0) is 23.9 Å². The Bertz CT molecular complexity index is 826. The molecule has 0 aromatic heterocycles. The van der Waals surface area contributed by atoms with Crippen LogP contribution in [0.15, 0.2) is 24.3 Å². The molecule has 4 aliphatic rings. The number of nitrogens with zero attached hydrogens (tertiary/aromatic N) is 2. The molecule has 4 aliphatic heterocycles. The highest BCUT2D eigenvalue weighted by molar-refractivity contribution is 5.99. The largest absolute Gasteiger partial charge is 0.465 e. The maximum Gasteiger partial charge on any atom is 0.312 e. The highest BCUT2D eigenvalue weighted by Crippen LogP contribution is 2.53. The molecule has 0 aliphatic carbocycles. The molecule has 34 heavy (non-hydrogen) atoms. The molecule has 0 radical (unpaired) electrons. The van der Waals surface area contributed by atoms with E-state index in [9.17, 15) is 14.4 Å². The van der Waals surface area contributed by atoms with Crippen LogP contribution in [-0.4, -0.2) is 83.3 Å². The van der Waals surface area contributed by atoms with E-state index in [2.05, 4.69) is 6.92 Å². The number of allylic oxidation sites excluding steroid dienone is 1. The molecule has 4 rings (SSSR count). The molecule has 0 saturated carbocycles. The number of carbonyl (C=O) groups is 3. The second-order valence-electron chi connectivity index (χ2n) is 9.79. The third-order valence-corrected chi connectivity index (χ3v) is 7.52. The van der Waals surface area contributed by atoms with Crippen LogP contribution in [0.25, 0.3) is 0 Å². The summed E-state index contributed by atoms with van der Waals surface area (Å²) in [5, 5.41) is 9.15. The zero-order chi connectivity index (χ0) is 24.1. The van der Waals surface area contributed by atoms with E-state index in [1.54, 1.807) is 4.90 Å². The van der Waals surface area contributed by atoms with Gasteiger partial charge in [-0.15, -0.1) is 0 Å². The van der Waals surface area contributed by atoms with E-state index in [0.717, 1.165) is 38.5 Å². The van der Waals surface area contributed by atoms with Crippen LogP contribution in [0.1, 0.15) is 58.3 Å². The van der Waals surface area contributed by atoms with Gasteiger partial charge in [0.2, 0.25) is 11.8 Å². The maximum atomic E-state index is 13.9. The summed E-state index contributed by atoms with van der Waals surface area (Å²) < 4.78 is 12.1. The Kier molecular flexibility index (Phi) is 8.09. The summed E-state index contributed by atoms with van der Waals surface area (Å²) in [6.45, 7) is 4.04. The summed E-state index contributed by atoms with van der Waals surface area (Å²) in [7, 11) is 0. The molecule has 2 saturated heterocycles. The van der Waals surface area contributed by atoms with Crippen molar-refractivity contribution in [1.29, 1.82) is 0 Å². The number of likely N-dealkylation sites (tertiary alicyclic amines) is 1. The van der Waals surface area contributed by atoms with Gasteiger partial charge in [-0.2, -0.15) is 0 Å². The van der Waals surface area contributed by atoms with Crippen LogP contribution >= 0.6 is 0 Å². The molecule has 2 amide bonds. The Morgan fingerprint density at radius 3 is 2.68 bits per heavy atom. The van der Waals surface area contributed by atoms with E-state index < -0.39 is 35.6 Å². The van der Waals surface area contributed by atoms with Gasteiger partial charge in [-0.05, 0) is 38.5 Å². The van der Waals surface area contributed by atoms with Crippen molar-refractivity contribution in [1.82, 2.24) is 9.80 Å². The SMILES string of the molecule is CCCCCN1CC=C[C@]23O[C@@H]4/C=C\CCCOC(=O)[C@@H]4[C@H]2C(=O)N(CCCCCO)C3C1=O. The third kappa shape index (κ3) is 4.54. The number of ether oxygens (including phenoxy) is 2. The molecule has 1 spiro atoms. The van der Waals surface area contributed by atoms with Gasteiger partial charge in [-0.25, -0.2) is 0 Å². The van der Waals surface area contributed by atoms with Gasteiger partial charge in [0.05, 0.1) is 18.6 Å². The standard InChI is InChI=1S/C26H38N2O6/c1-2-3-7-14-27-15-11-13-26-21(20-19(34-26)12-6-4-10-18-33-25(20)32)23(30)28(22(26)24(27)31)16-8-5-9-17-29/h6,11-13,19-22,29H,2-5,7-10,14-18H2,1H3/b12-6-/t19-,20+,21+,22?,26+/m1/s1. The molecule has 1 unspecified atom stereocenters. The highest BCUT2D eigenvalue weighted by Gasteiger charge is 2.71. The summed E-state index contributed by atoms with van der Waals surface area (Å²) in [5.41, 5.74) is -1.18. The van der Waals surface area contributed by atoms with Crippen molar-refractivity contribution in [2.24, 2.45) is 11.8 Å². The second kappa shape index (κ2) is 11.0. The zero-order valence-corrected chi connectivity index (χ0v) is 20.2. The van der Waals surface area contributed by atoms with Crippen LogP contribution in [0, 0.1) is 11.8 Å². The molecule has 188 valence electrons. The predicted octanol–water partition coefficient (Wildman–Crippen LogP) is 2.21. The lowest BCUT2D eigenvalue weighted by atomic mass is 9.78. The first-order chi connectivity index (χ1) is 16.5. The first kappa shape index (κ1) is 24.9. The number of hydrogen-bond donors (Lipinski definition) is 1. The second-order valence-corrected chi connectivity index (χ2v) is 9.79. The fraction of sp³-hybridized carbons (Fsp3) is 0.731. The lowest BCUT2D eigenvalue weighted by Crippen LogP contribution is -2.55. The lowest BCUT2D eigenvalue weighted by molar-refractivity contribution is -0.154.